The summed E-state index contributed by atoms with van der Waals surface area (Å²) in [6.07, 6.45) is 2.64. The molecule has 0 aromatic carbocycles. The zero-order chi connectivity index (χ0) is 15.4. The van der Waals surface area contributed by atoms with Gasteiger partial charge in [-0.05, 0) is 47.7 Å². The van der Waals surface area contributed by atoms with Crippen molar-refractivity contribution < 1.29 is 9.53 Å². The predicted octanol–water partition coefficient (Wildman–Crippen LogP) is 2.01. The lowest BCUT2D eigenvalue weighted by atomic mass is 10.1. The maximum absolute atomic E-state index is 11.9. The third-order valence-electron chi connectivity index (χ3n) is 4.63. The van der Waals surface area contributed by atoms with Crippen LogP contribution in [-0.2, 0) is 4.74 Å². The standard InChI is InChI=1S/C16H25N3O2S/c1-12(13-4-6-22-11-13)7-17-16(20)18-8-15-9-19-5-2-3-14(19)10-21-15/h4,6,11-12,14-15H,2-3,5,7-10H2,1H3,(H2,17,18,20)/t12-,14-,15+/m1/s1. The molecule has 2 amide bonds. The van der Waals surface area contributed by atoms with Crippen LogP contribution >= 0.6 is 11.3 Å². The van der Waals surface area contributed by atoms with E-state index in [4.69, 9.17) is 4.74 Å². The van der Waals surface area contributed by atoms with Gasteiger partial charge in [0.25, 0.3) is 0 Å². The molecule has 3 heterocycles. The number of nitrogens with one attached hydrogen (secondary N) is 2. The monoisotopic (exact) mass is 323 g/mol. The summed E-state index contributed by atoms with van der Waals surface area (Å²) in [4.78, 5) is 14.4. The number of hydrogen-bond donors (Lipinski definition) is 2. The minimum atomic E-state index is -0.103. The van der Waals surface area contributed by atoms with Crippen LogP contribution in [0.1, 0.15) is 31.2 Å². The zero-order valence-corrected chi connectivity index (χ0v) is 13.9. The lowest BCUT2D eigenvalue weighted by Gasteiger charge is -2.35. The fraction of sp³-hybridized carbons (Fsp3) is 0.688. The highest BCUT2D eigenvalue weighted by atomic mass is 32.1. The summed E-state index contributed by atoms with van der Waals surface area (Å²) in [5.74, 6) is 0.341. The van der Waals surface area contributed by atoms with E-state index in [1.54, 1.807) is 11.3 Å². The second-order valence-corrected chi connectivity index (χ2v) is 7.08. The first-order chi connectivity index (χ1) is 10.7. The Morgan fingerprint density at radius 3 is 3.27 bits per heavy atom. The van der Waals surface area contributed by atoms with Gasteiger partial charge in [0.2, 0.25) is 0 Å². The first-order valence-electron chi connectivity index (χ1n) is 8.12. The zero-order valence-electron chi connectivity index (χ0n) is 13.1. The van der Waals surface area contributed by atoms with Gasteiger partial charge < -0.3 is 15.4 Å². The summed E-state index contributed by atoms with van der Waals surface area (Å²) in [6, 6.07) is 2.61. The van der Waals surface area contributed by atoms with Crippen molar-refractivity contribution in [3.05, 3.63) is 22.4 Å². The van der Waals surface area contributed by atoms with Crippen LogP contribution in [0.3, 0.4) is 0 Å². The molecule has 3 atom stereocenters. The molecule has 1 aromatic heterocycles. The van der Waals surface area contributed by atoms with E-state index in [2.05, 4.69) is 39.3 Å². The maximum atomic E-state index is 11.9. The Kier molecular flexibility index (Phi) is 5.33. The topological polar surface area (TPSA) is 53.6 Å². The number of nitrogens with zero attached hydrogens (tertiary/aromatic N) is 1. The highest BCUT2D eigenvalue weighted by Gasteiger charge is 2.32. The van der Waals surface area contributed by atoms with Crippen LogP contribution in [0, 0.1) is 0 Å². The molecule has 0 spiro atoms. The molecule has 2 N–H and O–H groups in total. The third-order valence-corrected chi connectivity index (χ3v) is 5.33. The fourth-order valence-corrected chi connectivity index (χ4v) is 3.98. The molecule has 0 bridgehead atoms. The van der Waals surface area contributed by atoms with Gasteiger partial charge in [-0.15, -0.1) is 0 Å². The van der Waals surface area contributed by atoms with Crippen molar-refractivity contribution in [1.29, 1.82) is 0 Å². The van der Waals surface area contributed by atoms with Gasteiger partial charge in [-0.25, -0.2) is 4.79 Å². The SMILES string of the molecule is C[C@H](CNC(=O)NC[C@H]1CN2CCC[C@@H]2CO1)c1ccsc1. The number of morpholine rings is 1. The number of thiophene rings is 1. The van der Waals surface area contributed by atoms with Gasteiger partial charge in [-0.1, -0.05) is 6.92 Å². The Hall–Kier alpha value is -1.11. The molecule has 122 valence electrons. The van der Waals surface area contributed by atoms with Gasteiger partial charge in [-0.2, -0.15) is 11.3 Å². The van der Waals surface area contributed by atoms with E-state index in [0.717, 1.165) is 13.2 Å². The Morgan fingerprint density at radius 1 is 1.55 bits per heavy atom. The van der Waals surface area contributed by atoms with Crippen molar-refractivity contribution in [3.63, 3.8) is 0 Å². The number of ether oxygens (including phenoxy) is 1. The van der Waals surface area contributed by atoms with E-state index in [1.165, 1.54) is 24.9 Å². The molecule has 2 saturated heterocycles. The molecule has 2 aliphatic heterocycles. The van der Waals surface area contributed by atoms with Crippen LogP contribution in [0.25, 0.3) is 0 Å². The number of rotatable bonds is 5. The highest BCUT2D eigenvalue weighted by molar-refractivity contribution is 7.07. The molecular weight excluding hydrogens is 298 g/mol. The number of hydrogen-bond acceptors (Lipinski definition) is 4. The van der Waals surface area contributed by atoms with Crippen molar-refractivity contribution in [2.24, 2.45) is 0 Å². The van der Waals surface area contributed by atoms with Gasteiger partial charge in [0, 0.05) is 25.7 Å². The quantitative estimate of drug-likeness (QED) is 0.871. The van der Waals surface area contributed by atoms with E-state index >= 15 is 0 Å². The first-order valence-corrected chi connectivity index (χ1v) is 9.06. The van der Waals surface area contributed by atoms with Gasteiger partial charge in [-0.3, -0.25) is 4.90 Å². The Bertz CT molecular complexity index is 480. The minimum Gasteiger partial charge on any atom is -0.373 e. The molecule has 0 saturated carbocycles. The van der Waals surface area contributed by atoms with Crippen LogP contribution < -0.4 is 10.6 Å². The summed E-state index contributed by atoms with van der Waals surface area (Å²) in [5.41, 5.74) is 1.28. The second-order valence-electron chi connectivity index (χ2n) is 6.29. The molecule has 5 nitrogen and oxygen atoms in total. The Labute approximate surface area is 136 Å². The molecule has 22 heavy (non-hydrogen) atoms. The number of carbonyl (C=O) groups is 1. The van der Waals surface area contributed by atoms with Crippen LogP contribution in [-0.4, -0.2) is 55.9 Å². The largest absolute Gasteiger partial charge is 0.373 e. The molecule has 3 rings (SSSR count). The van der Waals surface area contributed by atoms with Crippen molar-refractivity contribution in [3.8, 4) is 0 Å². The molecule has 6 heteroatoms. The van der Waals surface area contributed by atoms with Crippen LogP contribution in [0.4, 0.5) is 4.79 Å². The average Bonchev–Trinajstić information content (AvgIpc) is 3.20. The highest BCUT2D eigenvalue weighted by Crippen LogP contribution is 2.22. The molecule has 2 aliphatic rings. The first kappa shape index (κ1) is 15.8. The molecule has 0 radical (unpaired) electrons. The van der Waals surface area contributed by atoms with Gasteiger partial charge in [0.05, 0.1) is 12.7 Å². The normalized spacial score (nSPS) is 26.4. The smallest absolute Gasteiger partial charge is 0.314 e. The average molecular weight is 323 g/mol. The van der Waals surface area contributed by atoms with Crippen molar-refractivity contribution in [2.45, 2.75) is 37.8 Å². The lowest BCUT2D eigenvalue weighted by Crippen LogP contribution is -2.51. The van der Waals surface area contributed by atoms with E-state index in [9.17, 15) is 4.79 Å². The summed E-state index contributed by atoms with van der Waals surface area (Å²) in [7, 11) is 0. The summed E-state index contributed by atoms with van der Waals surface area (Å²) >= 11 is 1.69. The Balaban J connectivity index is 1.34. The van der Waals surface area contributed by atoms with Crippen molar-refractivity contribution >= 4 is 17.4 Å². The summed E-state index contributed by atoms with van der Waals surface area (Å²) in [5, 5.41) is 10.1. The van der Waals surface area contributed by atoms with E-state index in [1.807, 2.05) is 0 Å². The molecule has 2 fully saturated rings. The molecule has 1 aromatic rings. The Morgan fingerprint density at radius 2 is 2.45 bits per heavy atom. The van der Waals surface area contributed by atoms with E-state index < -0.39 is 0 Å². The lowest BCUT2D eigenvalue weighted by molar-refractivity contribution is -0.0457. The van der Waals surface area contributed by atoms with Gasteiger partial charge in [0.15, 0.2) is 0 Å². The molecule has 0 unspecified atom stereocenters. The predicted molar refractivity (Wildman–Crippen MR) is 88.5 cm³/mol. The van der Waals surface area contributed by atoms with Crippen molar-refractivity contribution in [2.75, 3.05) is 32.8 Å². The number of amides is 2. The number of fused-ring (bicyclic) bond motifs is 1. The maximum Gasteiger partial charge on any atom is 0.314 e. The van der Waals surface area contributed by atoms with Crippen LogP contribution in [0.5, 0.6) is 0 Å². The van der Waals surface area contributed by atoms with E-state index in [-0.39, 0.29) is 12.1 Å². The van der Waals surface area contributed by atoms with Crippen molar-refractivity contribution in [1.82, 2.24) is 15.5 Å². The third kappa shape index (κ3) is 4.00. The molecular formula is C16H25N3O2S. The summed E-state index contributed by atoms with van der Waals surface area (Å²) in [6.45, 7) is 6.29. The van der Waals surface area contributed by atoms with Crippen LogP contribution in [0.2, 0.25) is 0 Å². The van der Waals surface area contributed by atoms with Gasteiger partial charge in [0.1, 0.15) is 0 Å². The second kappa shape index (κ2) is 7.44. The van der Waals surface area contributed by atoms with Crippen LogP contribution in [0.15, 0.2) is 16.8 Å². The van der Waals surface area contributed by atoms with Gasteiger partial charge >= 0.3 is 6.03 Å². The minimum absolute atomic E-state index is 0.103. The molecule has 0 aliphatic carbocycles. The van der Waals surface area contributed by atoms with E-state index in [0.29, 0.717) is 25.0 Å². The number of carbonyl (C=O) groups excluding carboxylic acids is 1. The fourth-order valence-electron chi connectivity index (χ4n) is 3.20. The number of urea groups is 1. The summed E-state index contributed by atoms with van der Waals surface area (Å²) < 4.78 is 5.84.